The van der Waals surface area contributed by atoms with E-state index in [9.17, 15) is 18.0 Å². The van der Waals surface area contributed by atoms with Gasteiger partial charge in [-0.3, -0.25) is 4.79 Å². The van der Waals surface area contributed by atoms with E-state index in [1.54, 1.807) is 48.4 Å². The van der Waals surface area contributed by atoms with Gasteiger partial charge >= 0.3 is 6.18 Å². The molecular weight excluding hydrogens is 493 g/mol. The van der Waals surface area contributed by atoms with Gasteiger partial charge in [0.25, 0.3) is 5.91 Å². The SMILES string of the molecule is COc1ccc(C(=O)N2CCN(c3cccc(C(F)(F)F)c3)CC2)cc1COc1ccc(Cl)c(C)c1. The lowest BCUT2D eigenvalue weighted by molar-refractivity contribution is -0.137. The summed E-state index contributed by atoms with van der Waals surface area (Å²) in [6.45, 7) is 3.77. The van der Waals surface area contributed by atoms with Gasteiger partial charge in [-0.1, -0.05) is 17.7 Å². The number of benzene rings is 3. The van der Waals surface area contributed by atoms with Gasteiger partial charge in [0.15, 0.2) is 0 Å². The van der Waals surface area contributed by atoms with Gasteiger partial charge in [-0.2, -0.15) is 13.2 Å². The summed E-state index contributed by atoms with van der Waals surface area (Å²) < 4.78 is 50.5. The first-order valence-corrected chi connectivity index (χ1v) is 11.8. The number of aryl methyl sites for hydroxylation is 1. The lowest BCUT2D eigenvalue weighted by Gasteiger charge is -2.36. The molecule has 0 atom stereocenters. The molecule has 36 heavy (non-hydrogen) atoms. The summed E-state index contributed by atoms with van der Waals surface area (Å²) in [7, 11) is 1.56. The number of ether oxygens (including phenoxy) is 2. The molecule has 3 aromatic carbocycles. The summed E-state index contributed by atoms with van der Waals surface area (Å²) in [6.07, 6.45) is -4.39. The molecule has 0 aromatic heterocycles. The van der Waals surface area contributed by atoms with Gasteiger partial charge in [0.1, 0.15) is 18.1 Å². The maximum atomic E-state index is 13.2. The molecule has 0 spiro atoms. The molecule has 0 radical (unpaired) electrons. The first-order valence-electron chi connectivity index (χ1n) is 11.4. The topological polar surface area (TPSA) is 42.0 Å². The number of nitrogens with zero attached hydrogens (tertiary/aromatic N) is 2. The fourth-order valence-electron chi connectivity index (χ4n) is 4.12. The van der Waals surface area contributed by atoms with Crippen LogP contribution in [0, 0.1) is 6.92 Å². The Hall–Kier alpha value is -3.39. The second-order valence-electron chi connectivity index (χ2n) is 8.55. The van der Waals surface area contributed by atoms with Crippen molar-refractivity contribution in [2.24, 2.45) is 0 Å². The number of amides is 1. The Morgan fingerprint density at radius 2 is 1.75 bits per heavy atom. The number of anilines is 1. The number of methoxy groups -OCH3 is 1. The van der Waals surface area contributed by atoms with E-state index in [0.29, 0.717) is 54.0 Å². The van der Waals surface area contributed by atoms with Crippen LogP contribution in [0.2, 0.25) is 5.02 Å². The lowest BCUT2D eigenvalue weighted by Crippen LogP contribution is -2.48. The van der Waals surface area contributed by atoms with Crippen molar-refractivity contribution >= 4 is 23.2 Å². The predicted molar refractivity (Wildman–Crippen MR) is 133 cm³/mol. The quantitative estimate of drug-likeness (QED) is 0.389. The summed E-state index contributed by atoms with van der Waals surface area (Å²) in [5.41, 5.74) is 1.93. The van der Waals surface area contributed by atoms with Gasteiger partial charge in [-0.25, -0.2) is 0 Å². The van der Waals surface area contributed by atoms with Crippen molar-refractivity contribution in [3.05, 3.63) is 87.9 Å². The van der Waals surface area contributed by atoms with Crippen LogP contribution in [0.25, 0.3) is 0 Å². The van der Waals surface area contributed by atoms with E-state index in [2.05, 4.69) is 0 Å². The monoisotopic (exact) mass is 518 g/mol. The van der Waals surface area contributed by atoms with Crippen molar-refractivity contribution in [1.29, 1.82) is 0 Å². The van der Waals surface area contributed by atoms with Crippen LogP contribution in [0.1, 0.15) is 27.0 Å². The van der Waals surface area contributed by atoms with Gasteiger partial charge < -0.3 is 19.3 Å². The Labute approximate surface area is 213 Å². The lowest BCUT2D eigenvalue weighted by atomic mass is 10.1. The molecule has 0 aliphatic carbocycles. The number of hydrogen-bond donors (Lipinski definition) is 0. The average Bonchev–Trinajstić information content (AvgIpc) is 2.88. The predicted octanol–water partition coefficient (Wildman–Crippen LogP) is 6.22. The van der Waals surface area contributed by atoms with E-state index < -0.39 is 11.7 Å². The van der Waals surface area contributed by atoms with E-state index >= 15 is 0 Å². The molecule has 1 fully saturated rings. The third kappa shape index (κ3) is 5.87. The molecule has 1 heterocycles. The van der Waals surface area contributed by atoms with Crippen molar-refractivity contribution < 1.29 is 27.4 Å². The minimum absolute atomic E-state index is 0.148. The molecule has 1 aliphatic heterocycles. The zero-order valence-electron chi connectivity index (χ0n) is 19.9. The van der Waals surface area contributed by atoms with Gasteiger partial charge in [0.2, 0.25) is 0 Å². The van der Waals surface area contributed by atoms with Crippen molar-refractivity contribution in [2.45, 2.75) is 19.7 Å². The van der Waals surface area contributed by atoms with Crippen molar-refractivity contribution in [2.75, 3.05) is 38.2 Å². The highest BCUT2D eigenvalue weighted by atomic mass is 35.5. The molecule has 9 heteroatoms. The Balaban J connectivity index is 1.42. The summed E-state index contributed by atoms with van der Waals surface area (Å²) >= 11 is 6.08. The van der Waals surface area contributed by atoms with Crippen molar-refractivity contribution in [3.8, 4) is 11.5 Å². The van der Waals surface area contributed by atoms with E-state index in [4.69, 9.17) is 21.1 Å². The number of halogens is 4. The van der Waals surface area contributed by atoms with E-state index in [1.165, 1.54) is 6.07 Å². The van der Waals surface area contributed by atoms with Gasteiger partial charge in [-0.15, -0.1) is 0 Å². The van der Waals surface area contributed by atoms with E-state index in [1.807, 2.05) is 17.9 Å². The average molecular weight is 519 g/mol. The van der Waals surface area contributed by atoms with Crippen molar-refractivity contribution in [1.82, 2.24) is 4.90 Å². The highest BCUT2D eigenvalue weighted by Gasteiger charge is 2.31. The second kappa shape index (κ2) is 10.7. The Bertz CT molecular complexity index is 1240. The molecule has 1 saturated heterocycles. The molecule has 0 N–H and O–H groups in total. The number of alkyl halides is 3. The van der Waals surface area contributed by atoms with E-state index in [-0.39, 0.29) is 12.5 Å². The normalized spacial score (nSPS) is 14.1. The molecule has 190 valence electrons. The fourth-order valence-corrected chi connectivity index (χ4v) is 4.24. The number of hydrogen-bond acceptors (Lipinski definition) is 4. The van der Waals surface area contributed by atoms with Crippen LogP contribution in [-0.4, -0.2) is 44.1 Å². The summed E-state index contributed by atoms with van der Waals surface area (Å²) in [4.78, 5) is 16.8. The zero-order valence-corrected chi connectivity index (χ0v) is 20.7. The van der Waals surface area contributed by atoms with Crippen LogP contribution in [0.15, 0.2) is 60.7 Å². The molecular formula is C27H26ClF3N2O3. The summed E-state index contributed by atoms with van der Waals surface area (Å²) in [5.74, 6) is 1.11. The molecule has 3 aromatic rings. The molecule has 0 bridgehead atoms. The number of piperazine rings is 1. The molecule has 4 rings (SSSR count). The number of rotatable bonds is 6. The first kappa shape index (κ1) is 25.7. The maximum Gasteiger partial charge on any atom is 0.416 e. The summed E-state index contributed by atoms with van der Waals surface area (Å²) in [6, 6.07) is 15.8. The second-order valence-corrected chi connectivity index (χ2v) is 8.96. The van der Waals surface area contributed by atoms with Crippen molar-refractivity contribution in [3.63, 3.8) is 0 Å². The highest BCUT2D eigenvalue weighted by Crippen LogP contribution is 2.32. The highest BCUT2D eigenvalue weighted by molar-refractivity contribution is 6.31. The molecule has 1 amide bonds. The molecule has 5 nitrogen and oxygen atoms in total. The van der Waals surface area contributed by atoms with Crippen LogP contribution >= 0.6 is 11.6 Å². The largest absolute Gasteiger partial charge is 0.496 e. The standard InChI is InChI=1S/C27H26ClF3N2O3/c1-18-14-23(7-8-24(18)28)36-17-20-15-19(6-9-25(20)35-2)26(34)33-12-10-32(11-13-33)22-5-3-4-21(16-22)27(29,30)31/h3-9,14-16H,10-13,17H2,1-2H3. The Kier molecular flexibility index (Phi) is 7.64. The number of carbonyl (C=O) groups excluding carboxylic acids is 1. The minimum atomic E-state index is -4.39. The van der Waals surface area contributed by atoms with Gasteiger partial charge in [0.05, 0.1) is 12.7 Å². The minimum Gasteiger partial charge on any atom is -0.496 e. The van der Waals surface area contributed by atoms with Crippen LogP contribution in [0.5, 0.6) is 11.5 Å². The zero-order chi connectivity index (χ0) is 25.9. The third-order valence-electron chi connectivity index (χ3n) is 6.16. The summed E-state index contributed by atoms with van der Waals surface area (Å²) in [5, 5.41) is 0.653. The number of carbonyl (C=O) groups is 1. The first-order chi connectivity index (χ1) is 17.2. The van der Waals surface area contributed by atoms with Gasteiger partial charge in [0, 0.05) is 48.0 Å². The fraction of sp³-hybridized carbons (Fsp3) is 0.296. The Morgan fingerprint density at radius 1 is 1.00 bits per heavy atom. The molecule has 0 saturated carbocycles. The van der Waals surface area contributed by atoms with E-state index in [0.717, 1.165) is 23.3 Å². The van der Waals surface area contributed by atoms with Crippen LogP contribution in [0.3, 0.4) is 0 Å². The molecule has 0 unspecified atom stereocenters. The third-order valence-corrected chi connectivity index (χ3v) is 6.58. The maximum absolute atomic E-state index is 13.2. The van der Waals surface area contributed by atoms with Gasteiger partial charge in [-0.05, 0) is 67.1 Å². The molecule has 1 aliphatic rings. The van der Waals surface area contributed by atoms with Crippen LogP contribution in [0.4, 0.5) is 18.9 Å². The Morgan fingerprint density at radius 3 is 2.42 bits per heavy atom. The smallest absolute Gasteiger partial charge is 0.416 e. The van der Waals surface area contributed by atoms with Crippen LogP contribution in [-0.2, 0) is 12.8 Å². The van der Waals surface area contributed by atoms with Crippen LogP contribution < -0.4 is 14.4 Å².